The Balaban J connectivity index is 1.82. The Morgan fingerprint density at radius 1 is 0.857 bits per heavy atom. The first-order chi connectivity index (χ1) is 9.92. The quantitative estimate of drug-likeness (QED) is 0.875. The van der Waals surface area contributed by atoms with E-state index >= 15 is 0 Å². The molecule has 2 rings (SSSR count). The highest BCUT2D eigenvalue weighted by Gasteiger charge is 2.30. The van der Waals surface area contributed by atoms with Crippen LogP contribution in [0.4, 0.5) is 13.2 Å². The van der Waals surface area contributed by atoms with Gasteiger partial charge in [0.1, 0.15) is 5.75 Å². The molecule has 0 amide bonds. The van der Waals surface area contributed by atoms with Crippen LogP contribution in [0.15, 0.2) is 48.5 Å². The average molecular weight is 316 g/mol. The maximum atomic E-state index is 12.0. The van der Waals surface area contributed by atoms with Gasteiger partial charge in [-0.25, -0.2) is 0 Å². The van der Waals surface area contributed by atoms with Crippen LogP contribution in [0.25, 0.3) is 0 Å². The van der Waals surface area contributed by atoms with Crippen molar-refractivity contribution in [1.29, 1.82) is 0 Å². The number of rotatable bonds is 5. The van der Waals surface area contributed by atoms with Crippen LogP contribution in [0, 0.1) is 0 Å². The smallest absolute Gasteiger partial charge is 0.406 e. The fourth-order valence-corrected chi connectivity index (χ4v) is 1.89. The molecule has 0 radical (unpaired) electrons. The van der Waals surface area contributed by atoms with Crippen molar-refractivity contribution in [2.45, 2.75) is 19.5 Å². The van der Waals surface area contributed by atoms with Crippen molar-refractivity contribution in [1.82, 2.24) is 5.32 Å². The van der Waals surface area contributed by atoms with Crippen molar-refractivity contribution in [2.24, 2.45) is 0 Å². The van der Waals surface area contributed by atoms with E-state index in [1.54, 1.807) is 12.1 Å². The maximum absolute atomic E-state index is 12.0. The molecule has 2 aromatic rings. The minimum atomic E-state index is -4.66. The molecule has 21 heavy (non-hydrogen) atoms. The van der Waals surface area contributed by atoms with E-state index in [1.165, 1.54) is 12.1 Å². The Kier molecular flexibility index (Phi) is 5.09. The lowest BCUT2D eigenvalue weighted by Gasteiger charge is -2.10. The van der Waals surface area contributed by atoms with E-state index < -0.39 is 6.36 Å². The molecule has 0 spiro atoms. The largest absolute Gasteiger partial charge is 0.573 e. The summed E-state index contributed by atoms with van der Waals surface area (Å²) in [4.78, 5) is 0. The number of hydrogen-bond donors (Lipinski definition) is 1. The van der Waals surface area contributed by atoms with Crippen molar-refractivity contribution in [3.8, 4) is 5.75 Å². The number of nitrogens with one attached hydrogen (secondary N) is 1. The summed E-state index contributed by atoms with van der Waals surface area (Å²) in [5.41, 5.74) is 1.95. The van der Waals surface area contributed by atoms with E-state index in [0.717, 1.165) is 11.1 Å². The van der Waals surface area contributed by atoms with Gasteiger partial charge < -0.3 is 10.1 Å². The minimum absolute atomic E-state index is 0.219. The van der Waals surface area contributed by atoms with Gasteiger partial charge in [0.25, 0.3) is 0 Å². The molecule has 0 aliphatic rings. The van der Waals surface area contributed by atoms with Crippen LogP contribution < -0.4 is 10.1 Å². The summed E-state index contributed by atoms with van der Waals surface area (Å²) >= 11 is 5.79. The van der Waals surface area contributed by atoms with Crippen molar-refractivity contribution in [3.63, 3.8) is 0 Å². The topological polar surface area (TPSA) is 21.3 Å². The third kappa shape index (κ3) is 5.65. The molecule has 0 fully saturated rings. The van der Waals surface area contributed by atoms with E-state index in [9.17, 15) is 13.2 Å². The van der Waals surface area contributed by atoms with Gasteiger partial charge >= 0.3 is 6.36 Å². The van der Waals surface area contributed by atoms with Crippen molar-refractivity contribution < 1.29 is 17.9 Å². The van der Waals surface area contributed by atoms with E-state index in [4.69, 9.17) is 11.6 Å². The second-order valence-electron chi connectivity index (χ2n) is 4.42. The van der Waals surface area contributed by atoms with Crippen LogP contribution in [-0.4, -0.2) is 6.36 Å². The standard InChI is InChI=1S/C15H13ClF3NO/c16-13-5-1-11(2-6-13)9-20-10-12-3-7-14(8-4-12)21-15(17,18)19/h1-8,20H,9-10H2. The van der Waals surface area contributed by atoms with Crippen LogP contribution in [-0.2, 0) is 13.1 Å². The fourth-order valence-electron chi connectivity index (χ4n) is 1.76. The van der Waals surface area contributed by atoms with E-state index in [1.807, 2.05) is 24.3 Å². The molecule has 6 heteroatoms. The number of benzene rings is 2. The van der Waals surface area contributed by atoms with Crippen LogP contribution in [0.2, 0.25) is 5.02 Å². The molecular formula is C15H13ClF3NO. The zero-order valence-electron chi connectivity index (χ0n) is 11.0. The zero-order chi connectivity index (χ0) is 15.3. The molecule has 112 valence electrons. The first-order valence-corrected chi connectivity index (χ1v) is 6.60. The number of hydrogen-bond acceptors (Lipinski definition) is 2. The summed E-state index contributed by atoms with van der Waals surface area (Å²) in [6.45, 7) is 1.20. The van der Waals surface area contributed by atoms with Gasteiger partial charge in [-0.3, -0.25) is 0 Å². The Hall–Kier alpha value is -1.72. The number of ether oxygens (including phenoxy) is 1. The Morgan fingerprint density at radius 2 is 1.33 bits per heavy atom. The summed E-state index contributed by atoms with van der Waals surface area (Å²) in [7, 11) is 0. The lowest BCUT2D eigenvalue weighted by Crippen LogP contribution is -2.17. The van der Waals surface area contributed by atoms with Crippen LogP contribution in [0.5, 0.6) is 5.75 Å². The second-order valence-corrected chi connectivity index (χ2v) is 4.86. The van der Waals surface area contributed by atoms with Crippen molar-refractivity contribution in [3.05, 3.63) is 64.7 Å². The highest BCUT2D eigenvalue weighted by Crippen LogP contribution is 2.22. The summed E-state index contributed by atoms with van der Waals surface area (Å²) in [5.74, 6) is -0.219. The molecular weight excluding hydrogens is 303 g/mol. The van der Waals surface area contributed by atoms with Crippen molar-refractivity contribution in [2.75, 3.05) is 0 Å². The lowest BCUT2D eigenvalue weighted by atomic mass is 10.2. The van der Waals surface area contributed by atoms with Crippen LogP contribution in [0.1, 0.15) is 11.1 Å². The van der Waals surface area contributed by atoms with Crippen LogP contribution in [0.3, 0.4) is 0 Å². The Labute approximate surface area is 125 Å². The maximum Gasteiger partial charge on any atom is 0.573 e. The fraction of sp³-hybridized carbons (Fsp3) is 0.200. The summed E-state index contributed by atoms with van der Waals surface area (Å²) in [6, 6.07) is 13.2. The molecule has 0 aromatic heterocycles. The summed E-state index contributed by atoms with van der Waals surface area (Å²) < 4.78 is 39.9. The minimum Gasteiger partial charge on any atom is -0.406 e. The highest BCUT2D eigenvalue weighted by molar-refractivity contribution is 6.30. The third-order valence-electron chi connectivity index (χ3n) is 2.73. The molecule has 0 heterocycles. The molecule has 0 aliphatic heterocycles. The highest BCUT2D eigenvalue weighted by atomic mass is 35.5. The van der Waals surface area contributed by atoms with Gasteiger partial charge in [-0.05, 0) is 35.4 Å². The molecule has 1 N–H and O–H groups in total. The predicted octanol–water partition coefficient (Wildman–Crippen LogP) is 4.53. The SMILES string of the molecule is FC(F)(F)Oc1ccc(CNCc2ccc(Cl)cc2)cc1. The first kappa shape index (κ1) is 15.7. The number of halogens is 4. The molecule has 0 atom stereocenters. The average Bonchev–Trinajstić information content (AvgIpc) is 2.41. The van der Waals surface area contributed by atoms with E-state index in [0.29, 0.717) is 18.1 Å². The zero-order valence-corrected chi connectivity index (χ0v) is 11.7. The lowest BCUT2D eigenvalue weighted by molar-refractivity contribution is -0.274. The molecule has 0 saturated carbocycles. The normalized spacial score (nSPS) is 11.4. The molecule has 2 nitrogen and oxygen atoms in total. The predicted molar refractivity (Wildman–Crippen MR) is 75.1 cm³/mol. The molecule has 0 bridgehead atoms. The monoisotopic (exact) mass is 315 g/mol. The number of alkyl halides is 3. The summed E-state index contributed by atoms with van der Waals surface area (Å²) in [5, 5.41) is 3.88. The van der Waals surface area contributed by atoms with Gasteiger partial charge in [-0.2, -0.15) is 0 Å². The summed E-state index contributed by atoms with van der Waals surface area (Å²) in [6.07, 6.45) is -4.66. The van der Waals surface area contributed by atoms with Gasteiger partial charge in [0.05, 0.1) is 0 Å². The third-order valence-corrected chi connectivity index (χ3v) is 2.98. The first-order valence-electron chi connectivity index (χ1n) is 6.22. The molecule has 2 aromatic carbocycles. The Bertz CT molecular complexity index is 567. The van der Waals surface area contributed by atoms with Crippen LogP contribution >= 0.6 is 11.6 Å². The van der Waals surface area contributed by atoms with Gasteiger partial charge in [0.2, 0.25) is 0 Å². The van der Waals surface area contributed by atoms with E-state index in [-0.39, 0.29) is 5.75 Å². The Morgan fingerprint density at radius 3 is 1.81 bits per heavy atom. The molecule has 0 aliphatic carbocycles. The second kappa shape index (κ2) is 6.83. The van der Waals surface area contributed by atoms with Gasteiger partial charge in [-0.1, -0.05) is 35.9 Å². The molecule has 0 unspecified atom stereocenters. The van der Waals surface area contributed by atoms with E-state index in [2.05, 4.69) is 10.1 Å². The van der Waals surface area contributed by atoms with Crippen molar-refractivity contribution >= 4 is 11.6 Å². The van der Waals surface area contributed by atoms with Gasteiger partial charge in [-0.15, -0.1) is 13.2 Å². The van der Waals surface area contributed by atoms with Gasteiger partial charge in [0, 0.05) is 18.1 Å². The van der Waals surface area contributed by atoms with Gasteiger partial charge in [0.15, 0.2) is 0 Å². The molecule has 0 saturated heterocycles.